The molecule has 1 saturated heterocycles. The Morgan fingerprint density at radius 3 is 2.27 bits per heavy atom. The van der Waals surface area contributed by atoms with Crippen molar-refractivity contribution in [2.45, 2.75) is 64.2 Å². The van der Waals surface area contributed by atoms with Crippen molar-refractivity contribution in [2.75, 3.05) is 40.3 Å². The fourth-order valence-electron chi connectivity index (χ4n) is 6.33. The van der Waals surface area contributed by atoms with E-state index in [0.29, 0.717) is 43.8 Å². The van der Waals surface area contributed by atoms with Crippen molar-refractivity contribution in [3.63, 3.8) is 0 Å². The molecule has 2 aliphatic rings. The molecular formula is C38H47N5O5. The van der Waals surface area contributed by atoms with Crippen LogP contribution in [0.15, 0.2) is 72.8 Å². The topological polar surface area (TPSA) is 111 Å². The predicted octanol–water partition coefficient (Wildman–Crippen LogP) is 3.57. The highest BCUT2D eigenvalue weighted by Crippen LogP contribution is 2.21. The lowest BCUT2D eigenvalue weighted by atomic mass is 9.99. The number of benzene rings is 3. The summed E-state index contributed by atoms with van der Waals surface area (Å²) in [5, 5.41) is 5.81. The highest BCUT2D eigenvalue weighted by molar-refractivity contribution is 5.94. The standard InChI is InChI=1S/C38H47N5O5/c1-27-36(45)39-20-7-22-43(21-6-10-35(44)40-34(38(47)41(27)2)24-28-13-17-33(48-3)18-14-28)37(46)31-15-11-29(12-16-31)25-42-23-19-30-8-4-5-9-32(30)26-42/h4-5,8-9,11-18,27,34H,6-7,10,19-26H2,1-3H3,(H,39,45)(H,40,44)/t27-,34-/m0/s1. The second-order valence-corrected chi connectivity index (χ2v) is 12.8. The van der Waals surface area contributed by atoms with Crippen LogP contribution in [-0.4, -0.2) is 90.7 Å². The number of ether oxygens (including phenoxy) is 1. The monoisotopic (exact) mass is 653 g/mol. The molecule has 0 spiro atoms. The van der Waals surface area contributed by atoms with E-state index in [4.69, 9.17) is 4.74 Å². The quantitative estimate of drug-likeness (QED) is 0.421. The van der Waals surface area contributed by atoms with Gasteiger partial charge in [-0.1, -0.05) is 48.5 Å². The van der Waals surface area contributed by atoms with Crippen LogP contribution in [0.3, 0.4) is 0 Å². The molecule has 5 rings (SSSR count). The summed E-state index contributed by atoms with van der Waals surface area (Å²) in [6.45, 7) is 5.57. The molecule has 0 bridgehead atoms. The van der Waals surface area contributed by atoms with Crippen molar-refractivity contribution >= 4 is 23.6 Å². The van der Waals surface area contributed by atoms with Crippen molar-refractivity contribution in [1.29, 1.82) is 0 Å². The van der Waals surface area contributed by atoms with Crippen LogP contribution in [0.5, 0.6) is 5.75 Å². The number of hydrogen-bond acceptors (Lipinski definition) is 6. The van der Waals surface area contributed by atoms with E-state index in [-0.39, 0.29) is 36.5 Å². The van der Waals surface area contributed by atoms with Crippen LogP contribution in [0.4, 0.5) is 0 Å². The number of fused-ring (bicyclic) bond motifs is 1. The van der Waals surface area contributed by atoms with E-state index in [9.17, 15) is 19.2 Å². The molecule has 3 aromatic rings. The highest BCUT2D eigenvalue weighted by Gasteiger charge is 2.30. The summed E-state index contributed by atoms with van der Waals surface area (Å²) < 4.78 is 5.24. The van der Waals surface area contributed by atoms with Gasteiger partial charge in [-0.15, -0.1) is 0 Å². The molecule has 2 atom stereocenters. The van der Waals surface area contributed by atoms with Crippen molar-refractivity contribution < 1.29 is 23.9 Å². The van der Waals surface area contributed by atoms with Crippen molar-refractivity contribution in [2.24, 2.45) is 0 Å². The van der Waals surface area contributed by atoms with Crippen LogP contribution in [0.25, 0.3) is 0 Å². The minimum Gasteiger partial charge on any atom is -0.497 e. The van der Waals surface area contributed by atoms with Gasteiger partial charge in [0, 0.05) is 64.7 Å². The van der Waals surface area contributed by atoms with E-state index in [1.165, 1.54) is 16.0 Å². The Labute approximate surface area is 283 Å². The molecule has 0 aromatic heterocycles. The summed E-state index contributed by atoms with van der Waals surface area (Å²) in [6, 6.07) is 22.1. The van der Waals surface area contributed by atoms with Crippen molar-refractivity contribution in [3.05, 3.63) is 101 Å². The van der Waals surface area contributed by atoms with Crippen LogP contribution < -0.4 is 15.4 Å². The molecule has 2 heterocycles. The second kappa shape index (κ2) is 16.4. The first-order valence-electron chi connectivity index (χ1n) is 16.9. The third-order valence-corrected chi connectivity index (χ3v) is 9.38. The van der Waals surface area contributed by atoms with Gasteiger partial charge in [0.25, 0.3) is 5.91 Å². The lowest BCUT2D eigenvalue weighted by Crippen LogP contribution is -2.54. The van der Waals surface area contributed by atoms with Crippen LogP contribution in [0.1, 0.15) is 58.8 Å². The molecule has 10 nitrogen and oxygen atoms in total. The second-order valence-electron chi connectivity index (χ2n) is 12.8. The molecule has 254 valence electrons. The molecule has 2 N–H and O–H groups in total. The first-order valence-corrected chi connectivity index (χ1v) is 16.9. The van der Waals surface area contributed by atoms with E-state index in [1.807, 2.05) is 36.4 Å². The number of rotatable bonds is 6. The first-order chi connectivity index (χ1) is 23.2. The highest BCUT2D eigenvalue weighted by atomic mass is 16.5. The normalized spacial score (nSPS) is 20.2. The summed E-state index contributed by atoms with van der Waals surface area (Å²) in [5.41, 5.74) is 5.39. The Balaban J connectivity index is 1.23. The maximum absolute atomic E-state index is 13.7. The van der Waals surface area contributed by atoms with Crippen LogP contribution >= 0.6 is 0 Å². The predicted molar refractivity (Wildman–Crippen MR) is 184 cm³/mol. The van der Waals surface area contributed by atoms with Crippen LogP contribution in [-0.2, 0) is 40.3 Å². The van der Waals surface area contributed by atoms with Gasteiger partial charge in [0.15, 0.2) is 0 Å². The Bertz CT molecular complexity index is 1580. The van der Waals surface area contributed by atoms with Gasteiger partial charge in [0.2, 0.25) is 17.7 Å². The number of likely N-dealkylation sites (N-methyl/N-ethyl adjacent to an activating group) is 1. The van der Waals surface area contributed by atoms with Gasteiger partial charge in [0.1, 0.15) is 17.8 Å². The number of carbonyl (C=O) groups is 4. The van der Waals surface area contributed by atoms with Crippen molar-refractivity contribution in [3.8, 4) is 5.75 Å². The van der Waals surface area contributed by atoms with Gasteiger partial charge in [-0.25, -0.2) is 0 Å². The van der Waals surface area contributed by atoms with Crippen LogP contribution in [0, 0.1) is 0 Å². The Kier molecular flexibility index (Phi) is 11.8. The van der Waals surface area contributed by atoms with Gasteiger partial charge in [-0.2, -0.15) is 0 Å². The van der Waals surface area contributed by atoms with E-state index >= 15 is 0 Å². The molecule has 48 heavy (non-hydrogen) atoms. The smallest absolute Gasteiger partial charge is 0.253 e. The zero-order valence-electron chi connectivity index (χ0n) is 28.2. The van der Waals surface area contributed by atoms with Gasteiger partial charge >= 0.3 is 0 Å². The average molecular weight is 654 g/mol. The molecule has 4 amide bonds. The minimum absolute atomic E-state index is 0.106. The van der Waals surface area contributed by atoms with E-state index < -0.39 is 12.1 Å². The lowest BCUT2D eigenvalue weighted by Gasteiger charge is -2.29. The number of carbonyl (C=O) groups excluding carboxylic acids is 4. The van der Waals surface area contributed by atoms with Gasteiger partial charge in [-0.3, -0.25) is 24.1 Å². The zero-order chi connectivity index (χ0) is 34.0. The average Bonchev–Trinajstić information content (AvgIpc) is 3.11. The van der Waals surface area contributed by atoms with Crippen molar-refractivity contribution in [1.82, 2.24) is 25.3 Å². The SMILES string of the molecule is COc1ccc(C[C@@H]2NC(=O)CCCN(C(=O)c3ccc(CN4CCc5ccccc5C4)cc3)CCCNC(=O)[C@H](C)N(C)C2=O)cc1. The van der Waals surface area contributed by atoms with Gasteiger partial charge in [-0.05, 0) is 72.7 Å². The number of nitrogens with one attached hydrogen (secondary N) is 2. The maximum atomic E-state index is 13.7. The molecule has 0 radical (unpaired) electrons. The van der Waals surface area contributed by atoms with E-state index in [2.05, 4.69) is 39.8 Å². The summed E-state index contributed by atoms with van der Waals surface area (Å²) in [7, 11) is 3.16. The first kappa shape index (κ1) is 34.6. The molecule has 1 fully saturated rings. The number of amides is 4. The summed E-state index contributed by atoms with van der Waals surface area (Å²) in [5.74, 6) is -0.329. The van der Waals surface area contributed by atoms with E-state index in [1.54, 1.807) is 38.1 Å². The third-order valence-electron chi connectivity index (χ3n) is 9.38. The molecule has 0 unspecified atom stereocenters. The fraction of sp³-hybridized carbons (Fsp3) is 0.421. The molecule has 10 heteroatoms. The van der Waals surface area contributed by atoms with Gasteiger partial charge in [0.05, 0.1) is 7.11 Å². The Morgan fingerprint density at radius 1 is 0.854 bits per heavy atom. The lowest BCUT2D eigenvalue weighted by molar-refractivity contribution is -0.141. The summed E-state index contributed by atoms with van der Waals surface area (Å²) in [4.78, 5) is 58.9. The Morgan fingerprint density at radius 2 is 1.54 bits per heavy atom. The molecule has 2 aliphatic heterocycles. The largest absolute Gasteiger partial charge is 0.497 e. The Hall–Kier alpha value is -4.70. The number of methoxy groups -OCH3 is 1. The fourth-order valence-corrected chi connectivity index (χ4v) is 6.33. The van der Waals surface area contributed by atoms with E-state index in [0.717, 1.165) is 37.2 Å². The summed E-state index contributed by atoms with van der Waals surface area (Å²) >= 11 is 0. The minimum atomic E-state index is -0.854. The summed E-state index contributed by atoms with van der Waals surface area (Å²) in [6.07, 6.45) is 2.44. The third kappa shape index (κ3) is 9.01. The van der Waals surface area contributed by atoms with Crippen LogP contribution in [0.2, 0.25) is 0 Å². The number of hydrogen-bond donors (Lipinski definition) is 2. The zero-order valence-corrected chi connectivity index (χ0v) is 28.2. The molecule has 3 aromatic carbocycles. The van der Waals surface area contributed by atoms with Gasteiger partial charge < -0.3 is 25.2 Å². The number of nitrogens with zero attached hydrogens (tertiary/aromatic N) is 3. The molecule has 0 saturated carbocycles. The maximum Gasteiger partial charge on any atom is 0.253 e. The molecule has 0 aliphatic carbocycles. The molecular weight excluding hydrogens is 606 g/mol.